The van der Waals surface area contributed by atoms with Crippen molar-refractivity contribution < 1.29 is 18.9 Å². The molecule has 5 heteroatoms. The van der Waals surface area contributed by atoms with Gasteiger partial charge in [0.1, 0.15) is 12.2 Å². The molecule has 4 rings (SSSR count). The maximum Gasteiger partial charge on any atom is 0.162 e. The van der Waals surface area contributed by atoms with Gasteiger partial charge in [0.2, 0.25) is 0 Å². The van der Waals surface area contributed by atoms with Crippen LogP contribution in [0, 0.1) is 0 Å². The van der Waals surface area contributed by atoms with Gasteiger partial charge in [0.25, 0.3) is 0 Å². The van der Waals surface area contributed by atoms with Gasteiger partial charge < -0.3 is 24.3 Å². The van der Waals surface area contributed by atoms with Crippen LogP contribution in [0.1, 0.15) is 50.4 Å². The first-order valence-electron chi connectivity index (χ1n) is 12.6. The molecule has 0 bridgehead atoms. The Balaban J connectivity index is 1.65. The number of methoxy groups -OCH3 is 2. The molecule has 0 radical (unpaired) electrons. The van der Waals surface area contributed by atoms with E-state index in [0.717, 1.165) is 5.69 Å². The first-order valence-corrected chi connectivity index (χ1v) is 12.6. The van der Waals surface area contributed by atoms with Crippen molar-refractivity contribution in [2.24, 2.45) is 0 Å². The number of benzene rings is 3. The molecule has 3 atom stereocenters. The molecule has 1 fully saturated rings. The van der Waals surface area contributed by atoms with Crippen molar-refractivity contribution >= 4 is 5.69 Å². The molecule has 0 saturated carbocycles. The van der Waals surface area contributed by atoms with E-state index in [1.165, 1.54) is 16.7 Å². The van der Waals surface area contributed by atoms with E-state index >= 15 is 0 Å². The lowest BCUT2D eigenvalue weighted by Crippen LogP contribution is -2.53. The van der Waals surface area contributed by atoms with Gasteiger partial charge in [0.05, 0.1) is 17.2 Å². The Morgan fingerprint density at radius 2 is 1.22 bits per heavy atom. The third-order valence-electron chi connectivity index (χ3n) is 7.26. The van der Waals surface area contributed by atoms with Crippen molar-refractivity contribution in [3.05, 3.63) is 102 Å². The molecule has 1 heterocycles. The summed E-state index contributed by atoms with van der Waals surface area (Å²) >= 11 is 0. The van der Waals surface area contributed by atoms with Gasteiger partial charge >= 0.3 is 0 Å². The maximum absolute atomic E-state index is 6.53. The Morgan fingerprint density at radius 1 is 0.722 bits per heavy atom. The van der Waals surface area contributed by atoms with Crippen LogP contribution >= 0.6 is 0 Å². The number of hydrogen-bond acceptors (Lipinski definition) is 5. The summed E-state index contributed by atoms with van der Waals surface area (Å²) < 4.78 is 24.7. The van der Waals surface area contributed by atoms with E-state index in [4.69, 9.17) is 18.9 Å². The molecular formula is C31H39NO4. The monoisotopic (exact) mass is 489 g/mol. The summed E-state index contributed by atoms with van der Waals surface area (Å²) in [6.07, 6.45) is -0.357. The third-order valence-corrected chi connectivity index (χ3v) is 7.26. The number of rotatable bonds is 10. The van der Waals surface area contributed by atoms with Crippen molar-refractivity contribution in [1.29, 1.82) is 0 Å². The van der Waals surface area contributed by atoms with Crippen LogP contribution in [0.25, 0.3) is 0 Å². The molecule has 1 N–H and O–H groups in total. The number of nitrogens with one attached hydrogen (secondary N) is 1. The van der Waals surface area contributed by atoms with Gasteiger partial charge in [-0.15, -0.1) is 0 Å². The molecular weight excluding hydrogens is 450 g/mol. The van der Waals surface area contributed by atoms with E-state index < -0.39 is 17.5 Å². The standard InChI is InChI=1S/C31H39NO4/c1-30(2,33-5)28-29(31(3,4)34-6)36-26(35-28)21-23-17-13-14-20-25(23)27(22-15-9-7-10-16-22)32-24-18-11-8-12-19-24/h7-20,26-29,32H,21H2,1-6H3/t27-,28+,29+/m0/s1. The second-order valence-electron chi connectivity index (χ2n) is 10.4. The Morgan fingerprint density at radius 3 is 1.78 bits per heavy atom. The average Bonchev–Trinajstić information content (AvgIpc) is 3.35. The third kappa shape index (κ3) is 5.81. The predicted octanol–water partition coefficient (Wildman–Crippen LogP) is 6.39. The van der Waals surface area contributed by atoms with E-state index in [2.05, 4.69) is 66.0 Å². The number of para-hydroxylation sites is 1. The van der Waals surface area contributed by atoms with Crippen LogP contribution in [-0.4, -0.2) is 43.9 Å². The Kier molecular flexibility index (Phi) is 8.16. The highest BCUT2D eigenvalue weighted by molar-refractivity contribution is 5.50. The quantitative estimate of drug-likeness (QED) is 0.358. The molecule has 0 spiro atoms. The van der Waals surface area contributed by atoms with Crippen LogP contribution in [0.15, 0.2) is 84.9 Å². The van der Waals surface area contributed by atoms with E-state index in [9.17, 15) is 0 Å². The largest absolute Gasteiger partial charge is 0.376 e. The van der Waals surface area contributed by atoms with Gasteiger partial charge in [-0.1, -0.05) is 72.8 Å². The molecule has 3 aromatic carbocycles. The number of anilines is 1. The zero-order chi connectivity index (χ0) is 25.8. The molecule has 3 aromatic rings. The van der Waals surface area contributed by atoms with Crippen LogP contribution in [0.5, 0.6) is 0 Å². The first-order chi connectivity index (χ1) is 17.2. The topological polar surface area (TPSA) is 49.0 Å². The van der Waals surface area contributed by atoms with Gasteiger partial charge in [0, 0.05) is 26.3 Å². The van der Waals surface area contributed by atoms with E-state index in [0.29, 0.717) is 6.42 Å². The minimum absolute atomic E-state index is 0.0244. The number of ether oxygens (including phenoxy) is 4. The Labute approximate surface area is 215 Å². The molecule has 0 amide bonds. The van der Waals surface area contributed by atoms with Crippen LogP contribution in [0.2, 0.25) is 0 Å². The van der Waals surface area contributed by atoms with Crippen LogP contribution in [-0.2, 0) is 25.4 Å². The van der Waals surface area contributed by atoms with Crippen molar-refractivity contribution in [2.45, 2.75) is 69.9 Å². The van der Waals surface area contributed by atoms with Crippen molar-refractivity contribution in [3.63, 3.8) is 0 Å². The molecule has 0 aromatic heterocycles. The molecule has 1 aliphatic rings. The highest BCUT2D eigenvalue weighted by Crippen LogP contribution is 2.38. The lowest BCUT2D eigenvalue weighted by atomic mass is 9.87. The summed E-state index contributed by atoms with van der Waals surface area (Å²) in [7, 11) is 3.42. The summed E-state index contributed by atoms with van der Waals surface area (Å²) in [5.41, 5.74) is 3.56. The van der Waals surface area contributed by atoms with Crippen LogP contribution in [0.4, 0.5) is 5.69 Å². The maximum atomic E-state index is 6.53. The fraction of sp³-hybridized carbons (Fsp3) is 0.419. The van der Waals surface area contributed by atoms with Gasteiger partial charge in [-0.3, -0.25) is 0 Å². The zero-order valence-corrected chi connectivity index (χ0v) is 22.2. The zero-order valence-electron chi connectivity index (χ0n) is 22.2. The van der Waals surface area contributed by atoms with Crippen molar-refractivity contribution in [2.75, 3.05) is 19.5 Å². The summed E-state index contributed by atoms with van der Waals surface area (Å²) in [6.45, 7) is 8.13. The normalized spacial score (nSPS) is 19.8. The summed E-state index contributed by atoms with van der Waals surface area (Å²) in [4.78, 5) is 0. The highest BCUT2D eigenvalue weighted by atomic mass is 16.7. The summed E-state index contributed by atoms with van der Waals surface area (Å²) in [5, 5.41) is 3.74. The number of hydrogen-bond donors (Lipinski definition) is 1. The van der Waals surface area contributed by atoms with E-state index in [1.54, 1.807) is 14.2 Å². The smallest absolute Gasteiger partial charge is 0.162 e. The lowest BCUT2D eigenvalue weighted by Gasteiger charge is -2.38. The van der Waals surface area contributed by atoms with E-state index in [-0.39, 0.29) is 18.2 Å². The minimum Gasteiger partial charge on any atom is -0.376 e. The SMILES string of the molecule is COC(C)(C)[C@@H]1OC(Cc2ccccc2[C@@H](Nc2ccccc2)c2ccccc2)O[C@H]1C(C)(C)OC. The molecule has 1 saturated heterocycles. The first kappa shape index (κ1) is 26.4. The average molecular weight is 490 g/mol. The van der Waals surface area contributed by atoms with E-state index in [1.807, 2.05) is 52.0 Å². The van der Waals surface area contributed by atoms with Crippen molar-refractivity contribution in [3.8, 4) is 0 Å². The summed E-state index contributed by atoms with van der Waals surface area (Å²) in [5.74, 6) is 0. The minimum atomic E-state index is -0.532. The molecule has 0 unspecified atom stereocenters. The van der Waals surface area contributed by atoms with Gasteiger partial charge in [0.15, 0.2) is 6.29 Å². The molecule has 192 valence electrons. The second-order valence-corrected chi connectivity index (χ2v) is 10.4. The predicted molar refractivity (Wildman–Crippen MR) is 144 cm³/mol. The van der Waals surface area contributed by atoms with Gasteiger partial charge in [-0.05, 0) is 56.5 Å². The molecule has 0 aliphatic carbocycles. The Bertz CT molecular complexity index is 1080. The second kappa shape index (κ2) is 11.1. The lowest BCUT2D eigenvalue weighted by molar-refractivity contribution is -0.132. The van der Waals surface area contributed by atoms with Crippen LogP contribution < -0.4 is 5.32 Å². The van der Waals surface area contributed by atoms with Gasteiger partial charge in [-0.25, -0.2) is 0 Å². The van der Waals surface area contributed by atoms with Crippen molar-refractivity contribution in [1.82, 2.24) is 0 Å². The molecule has 5 nitrogen and oxygen atoms in total. The molecule has 1 aliphatic heterocycles. The Hall–Kier alpha value is -2.70. The summed E-state index contributed by atoms with van der Waals surface area (Å²) in [6, 6.07) is 29.3. The van der Waals surface area contributed by atoms with Gasteiger partial charge in [-0.2, -0.15) is 0 Å². The fourth-order valence-corrected chi connectivity index (χ4v) is 4.76. The molecule has 36 heavy (non-hydrogen) atoms. The highest BCUT2D eigenvalue weighted by Gasteiger charge is 2.52. The van der Waals surface area contributed by atoms with Crippen LogP contribution in [0.3, 0.4) is 0 Å². The fourth-order valence-electron chi connectivity index (χ4n) is 4.76.